The minimum atomic E-state index is -3.72. The average molecular weight is 479 g/mol. The highest BCUT2D eigenvalue weighted by Gasteiger charge is 2.24. The number of nitrogens with one attached hydrogen (secondary N) is 1. The molecule has 3 rings (SSSR count). The summed E-state index contributed by atoms with van der Waals surface area (Å²) in [5.41, 5.74) is 1.46. The van der Waals surface area contributed by atoms with Crippen LogP contribution in [0.5, 0.6) is 5.75 Å². The molecule has 1 amide bonds. The molecule has 2 aromatic carbocycles. The molecule has 0 aliphatic carbocycles. The van der Waals surface area contributed by atoms with E-state index in [9.17, 15) is 13.2 Å². The van der Waals surface area contributed by atoms with Crippen LogP contribution in [0.15, 0.2) is 58.9 Å². The van der Waals surface area contributed by atoms with Crippen LogP contribution >= 0.6 is 23.1 Å². The van der Waals surface area contributed by atoms with Gasteiger partial charge in [0, 0.05) is 5.75 Å². The zero-order valence-electron chi connectivity index (χ0n) is 17.0. The zero-order valence-corrected chi connectivity index (χ0v) is 19.5. The third-order valence-corrected chi connectivity index (χ3v) is 7.15. The van der Waals surface area contributed by atoms with Crippen LogP contribution in [0.25, 0.3) is 0 Å². The summed E-state index contributed by atoms with van der Waals surface area (Å²) in [6.45, 7) is 1.77. The molecule has 8 nitrogen and oxygen atoms in total. The lowest BCUT2D eigenvalue weighted by molar-refractivity contribution is -0.114. The standard InChI is InChI=1S/C20H22N4O4S3/c1-3-28-17-12-8-7-11-16(17)24(31(2,26)27)13-18(25)21-19-22-23-20(30-19)29-14-15-9-5-4-6-10-15/h4-12H,3,13-14H2,1-2H3,(H,21,22,25). The maximum absolute atomic E-state index is 12.6. The summed E-state index contributed by atoms with van der Waals surface area (Å²) in [6.07, 6.45) is 1.05. The second-order valence-electron chi connectivity index (χ2n) is 6.37. The number of hydrogen-bond acceptors (Lipinski definition) is 8. The second-order valence-corrected chi connectivity index (χ2v) is 10.5. The van der Waals surface area contributed by atoms with E-state index in [-0.39, 0.29) is 0 Å². The Morgan fingerprint density at radius 3 is 2.55 bits per heavy atom. The summed E-state index contributed by atoms with van der Waals surface area (Å²) >= 11 is 2.75. The summed E-state index contributed by atoms with van der Waals surface area (Å²) in [5, 5.41) is 11.0. The largest absolute Gasteiger partial charge is 0.492 e. The molecule has 0 spiro atoms. The van der Waals surface area contributed by atoms with Crippen molar-refractivity contribution >= 4 is 49.8 Å². The molecule has 0 bridgehead atoms. The van der Waals surface area contributed by atoms with Crippen molar-refractivity contribution in [3.63, 3.8) is 0 Å². The molecule has 11 heteroatoms. The number of sulfonamides is 1. The molecule has 1 N–H and O–H groups in total. The SMILES string of the molecule is CCOc1ccccc1N(CC(=O)Nc1nnc(SCc2ccccc2)s1)S(C)(=O)=O. The van der Waals surface area contributed by atoms with Crippen molar-refractivity contribution in [2.24, 2.45) is 0 Å². The van der Waals surface area contributed by atoms with Gasteiger partial charge in [-0.15, -0.1) is 10.2 Å². The van der Waals surface area contributed by atoms with Crippen LogP contribution in [0.3, 0.4) is 0 Å². The average Bonchev–Trinajstić information content (AvgIpc) is 3.18. The quantitative estimate of drug-likeness (QED) is 0.351. The number of amides is 1. The molecule has 0 saturated heterocycles. The summed E-state index contributed by atoms with van der Waals surface area (Å²) in [6, 6.07) is 16.6. The smallest absolute Gasteiger partial charge is 0.246 e. The van der Waals surface area contributed by atoms with Crippen molar-refractivity contribution in [3.8, 4) is 5.75 Å². The first-order chi connectivity index (χ1) is 14.9. The molecule has 0 saturated carbocycles. The third kappa shape index (κ3) is 6.68. The van der Waals surface area contributed by atoms with Crippen molar-refractivity contribution in [2.45, 2.75) is 17.0 Å². The van der Waals surface area contributed by atoms with E-state index in [0.717, 1.165) is 21.9 Å². The van der Waals surface area contributed by atoms with Crippen LogP contribution in [0, 0.1) is 0 Å². The van der Waals surface area contributed by atoms with Crippen molar-refractivity contribution < 1.29 is 17.9 Å². The van der Waals surface area contributed by atoms with Crippen LogP contribution < -0.4 is 14.4 Å². The van der Waals surface area contributed by atoms with Gasteiger partial charge >= 0.3 is 0 Å². The number of rotatable bonds is 10. The van der Waals surface area contributed by atoms with Crippen LogP contribution in [0.4, 0.5) is 10.8 Å². The van der Waals surface area contributed by atoms with Gasteiger partial charge in [-0.25, -0.2) is 8.42 Å². The van der Waals surface area contributed by atoms with Crippen molar-refractivity contribution in [1.82, 2.24) is 10.2 Å². The Balaban J connectivity index is 1.66. The molecule has 0 radical (unpaired) electrons. The lowest BCUT2D eigenvalue weighted by atomic mass is 10.2. The first kappa shape index (κ1) is 23.0. The Kier molecular flexibility index (Phi) is 7.88. The molecule has 164 valence electrons. The fourth-order valence-corrected chi connectivity index (χ4v) is 5.23. The number of carbonyl (C=O) groups is 1. The first-order valence-corrected chi connectivity index (χ1v) is 13.0. The Bertz CT molecular complexity index is 1120. The van der Waals surface area contributed by atoms with Crippen molar-refractivity contribution in [3.05, 3.63) is 60.2 Å². The predicted molar refractivity (Wildman–Crippen MR) is 124 cm³/mol. The number of ether oxygens (including phenoxy) is 1. The molecule has 0 aliphatic rings. The zero-order chi connectivity index (χ0) is 22.3. The van der Waals surface area contributed by atoms with Gasteiger partial charge in [0.1, 0.15) is 12.3 Å². The number of carbonyl (C=O) groups excluding carboxylic acids is 1. The van der Waals surface area contributed by atoms with Gasteiger partial charge in [-0.2, -0.15) is 0 Å². The topological polar surface area (TPSA) is 101 Å². The van der Waals surface area contributed by atoms with Gasteiger partial charge in [-0.1, -0.05) is 65.6 Å². The predicted octanol–water partition coefficient (Wildman–Crippen LogP) is 3.63. The fraction of sp³-hybridized carbons (Fsp3) is 0.250. The van der Waals surface area contributed by atoms with Gasteiger partial charge in [-0.05, 0) is 24.6 Å². The Labute approximate surface area is 189 Å². The molecular weight excluding hydrogens is 456 g/mol. The summed E-state index contributed by atoms with van der Waals surface area (Å²) in [5.74, 6) is 0.602. The van der Waals surface area contributed by atoms with Crippen molar-refractivity contribution in [1.29, 1.82) is 0 Å². The first-order valence-electron chi connectivity index (χ1n) is 9.36. The monoisotopic (exact) mass is 478 g/mol. The second kappa shape index (κ2) is 10.6. The number of aromatic nitrogens is 2. The molecule has 3 aromatic rings. The van der Waals surface area contributed by atoms with E-state index in [1.54, 1.807) is 31.2 Å². The van der Waals surface area contributed by atoms with Crippen LogP contribution in [-0.4, -0.2) is 43.9 Å². The number of para-hydroxylation sites is 2. The van der Waals surface area contributed by atoms with Crippen molar-refractivity contribution in [2.75, 3.05) is 29.0 Å². The van der Waals surface area contributed by atoms with Crippen LogP contribution in [0.2, 0.25) is 0 Å². The molecule has 31 heavy (non-hydrogen) atoms. The molecule has 0 aliphatic heterocycles. The summed E-state index contributed by atoms with van der Waals surface area (Å²) < 4.78 is 32.0. The molecule has 0 unspecified atom stereocenters. The minimum absolute atomic E-state index is 0.304. The van der Waals surface area contributed by atoms with E-state index in [2.05, 4.69) is 15.5 Å². The molecule has 1 heterocycles. The van der Waals surface area contributed by atoms with E-state index in [1.807, 2.05) is 30.3 Å². The minimum Gasteiger partial charge on any atom is -0.492 e. The summed E-state index contributed by atoms with van der Waals surface area (Å²) in [7, 11) is -3.72. The van der Waals surface area contributed by atoms with Crippen LogP contribution in [-0.2, 0) is 20.6 Å². The highest BCUT2D eigenvalue weighted by Crippen LogP contribution is 2.31. The maximum atomic E-state index is 12.6. The highest BCUT2D eigenvalue weighted by atomic mass is 32.2. The highest BCUT2D eigenvalue weighted by molar-refractivity contribution is 8.00. The molecule has 0 fully saturated rings. The van der Waals surface area contributed by atoms with E-state index in [4.69, 9.17) is 4.74 Å². The lowest BCUT2D eigenvalue weighted by Crippen LogP contribution is -2.37. The van der Waals surface area contributed by atoms with Gasteiger partial charge < -0.3 is 4.74 Å². The van der Waals surface area contributed by atoms with E-state index in [0.29, 0.717) is 27.5 Å². The molecule has 0 atom stereocenters. The van der Waals surface area contributed by atoms with Gasteiger partial charge in [0.15, 0.2) is 4.34 Å². The Hall–Kier alpha value is -2.63. The van der Waals surface area contributed by atoms with Gasteiger partial charge in [0.05, 0.1) is 18.6 Å². The Morgan fingerprint density at radius 1 is 1.13 bits per heavy atom. The molecule has 1 aromatic heterocycles. The number of thioether (sulfide) groups is 1. The third-order valence-electron chi connectivity index (χ3n) is 3.98. The number of nitrogens with zero attached hydrogens (tertiary/aromatic N) is 3. The normalized spacial score (nSPS) is 11.2. The fourth-order valence-electron chi connectivity index (χ4n) is 2.65. The van der Waals surface area contributed by atoms with Gasteiger partial charge in [-0.3, -0.25) is 14.4 Å². The Morgan fingerprint density at radius 2 is 1.84 bits per heavy atom. The number of benzene rings is 2. The molecular formula is C20H22N4O4S3. The van der Waals surface area contributed by atoms with Gasteiger partial charge in [0.25, 0.3) is 0 Å². The van der Waals surface area contributed by atoms with E-state index < -0.39 is 22.5 Å². The van der Waals surface area contributed by atoms with Gasteiger partial charge in [0.2, 0.25) is 21.1 Å². The van der Waals surface area contributed by atoms with E-state index in [1.165, 1.54) is 23.1 Å². The lowest BCUT2D eigenvalue weighted by Gasteiger charge is -2.23. The van der Waals surface area contributed by atoms with Crippen LogP contribution in [0.1, 0.15) is 12.5 Å². The summed E-state index contributed by atoms with van der Waals surface area (Å²) in [4.78, 5) is 12.6. The van der Waals surface area contributed by atoms with E-state index >= 15 is 0 Å². The maximum Gasteiger partial charge on any atom is 0.246 e. The number of hydrogen-bond donors (Lipinski definition) is 1. The number of anilines is 2.